The summed E-state index contributed by atoms with van der Waals surface area (Å²) in [5, 5.41) is 16.7. The highest BCUT2D eigenvalue weighted by Crippen LogP contribution is 2.46. The van der Waals surface area contributed by atoms with Gasteiger partial charge in [0.2, 0.25) is 0 Å². The maximum Gasteiger partial charge on any atom is 0.307 e. The van der Waals surface area contributed by atoms with Crippen LogP contribution in [-0.4, -0.2) is 28.8 Å². The molecule has 2 unspecified atom stereocenters. The van der Waals surface area contributed by atoms with Gasteiger partial charge in [0, 0.05) is 5.92 Å². The number of alkyl halides is 1. The van der Waals surface area contributed by atoms with Gasteiger partial charge in [-0.2, -0.15) is 0 Å². The summed E-state index contributed by atoms with van der Waals surface area (Å²) >= 11 is 0. The minimum atomic E-state index is -1.22. The monoisotopic (exact) mass is 162 g/mol. The average molecular weight is 162 g/mol. The van der Waals surface area contributed by atoms with Crippen LogP contribution in [0.4, 0.5) is 4.39 Å². The van der Waals surface area contributed by atoms with E-state index in [2.05, 4.69) is 0 Å². The molecule has 0 heterocycles. The molecular formula is C6H7FO4. The van der Waals surface area contributed by atoms with Gasteiger partial charge in [0.05, 0.1) is 18.5 Å². The van der Waals surface area contributed by atoms with Crippen molar-refractivity contribution < 1.29 is 24.2 Å². The van der Waals surface area contributed by atoms with E-state index in [9.17, 15) is 14.0 Å². The highest BCUT2D eigenvalue weighted by atomic mass is 19.1. The maximum absolute atomic E-state index is 11.9. The molecule has 4 nitrogen and oxygen atoms in total. The lowest BCUT2D eigenvalue weighted by Crippen LogP contribution is -2.05. The topological polar surface area (TPSA) is 74.6 Å². The van der Waals surface area contributed by atoms with Crippen LogP contribution in [0, 0.1) is 17.8 Å². The molecule has 1 aliphatic rings. The summed E-state index contributed by atoms with van der Waals surface area (Å²) in [6.45, 7) is -0.867. The first-order valence-electron chi connectivity index (χ1n) is 3.11. The molecule has 0 aromatic carbocycles. The Bertz CT molecular complexity index is 183. The number of halogens is 1. The van der Waals surface area contributed by atoms with E-state index < -0.39 is 36.4 Å². The number of hydrogen-bond donors (Lipinski definition) is 2. The molecule has 62 valence electrons. The Kier molecular flexibility index (Phi) is 1.80. The lowest BCUT2D eigenvalue weighted by molar-refractivity contribution is -0.144. The normalized spacial score (nSPS) is 34.8. The maximum atomic E-state index is 11.9. The third-order valence-corrected chi connectivity index (χ3v) is 1.92. The van der Waals surface area contributed by atoms with Gasteiger partial charge in [-0.25, -0.2) is 0 Å². The molecule has 0 spiro atoms. The minimum absolute atomic E-state index is 0.815. The first-order chi connectivity index (χ1) is 5.09. The van der Waals surface area contributed by atoms with Crippen LogP contribution in [0.1, 0.15) is 0 Å². The Morgan fingerprint density at radius 3 is 1.64 bits per heavy atom. The van der Waals surface area contributed by atoms with Crippen LogP contribution in [0.2, 0.25) is 0 Å². The van der Waals surface area contributed by atoms with Gasteiger partial charge in [-0.1, -0.05) is 0 Å². The molecule has 5 heteroatoms. The highest BCUT2D eigenvalue weighted by Gasteiger charge is 2.59. The van der Waals surface area contributed by atoms with Gasteiger partial charge in [0.1, 0.15) is 0 Å². The van der Waals surface area contributed by atoms with Crippen LogP contribution in [-0.2, 0) is 9.59 Å². The van der Waals surface area contributed by atoms with Crippen LogP contribution in [0.5, 0.6) is 0 Å². The summed E-state index contributed by atoms with van der Waals surface area (Å²) in [5.74, 6) is -5.29. The molecule has 2 N–H and O–H groups in total. The predicted molar refractivity (Wildman–Crippen MR) is 31.7 cm³/mol. The first kappa shape index (κ1) is 7.97. The largest absolute Gasteiger partial charge is 0.481 e. The molecule has 0 bridgehead atoms. The summed E-state index contributed by atoms with van der Waals surface area (Å²) in [6.07, 6.45) is 0. The van der Waals surface area contributed by atoms with Crippen LogP contribution >= 0.6 is 0 Å². The average Bonchev–Trinajstić information content (AvgIpc) is 2.59. The zero-order valence-electron chi connectivity index (χ0n) is 5.53. The predicted octanol–water partition coefficient (Wildman–Crippen LogP) is -0.0127. The molecule has 0 aromatic rings. The van der Waals surface area contributed by atoms with Crippen molar-refractivity contribution in [1.29, 1.82) is 0 Å². The van der Waals surface area contributed by atoms with Gasteiger partial charge in [-0.05, 0) is 0 Å². The van der Waals surface area contributed by atoms with E-state index in [1.807, 2.05) is 0 Å². The van der Waals surface area contributed by atoms with Crippen molar-refractivity contribution in [2.24, 2.45) is 17.8 Å². The van der Waals surface area contributed by atoms with Crippen LogP contribution in [0.15, 0.2) is 0 Å². The number of aliphatic carboxylic acids is 2. The second kappa shape index (κ2) is 2.48. The highest BCUT2D eigenvalue weighted by molar-refractivity contribution is 5.86. The van der Waals surface area contributed by atoms with E-state index in [0.717, 1.165) is 0 Å². The Hall–Kier alpha value is -1.13. The molecule has 11 heavy (non-hydrogen) atoms. The molecule has 0 aromatic heterocycles. The zero-order chi connectivity index (χ0) is 8.59. The first-order valence-corrected chi connectivity index (χ1v) is 3.11. The third kappa shape index (κ3) is 1.18. The second-order valence-electron chi connectivity index (χ2n) is 2.55. The van der Waals surface area contributed by atoms with Crippen molar-refractivity contribution in [2.45, 2.75) is 0 Å². The molecular weight excluding hydrogens is 155 g/mol. The van der Waals surface area contributed by atoms with Crippen molar-refractivity contribution >= 4 is 11.9 Å². The molecule has 0 amide bonds. The fourth-order valence-corrected chi connectivity index (χ4v) is 1.24. The van der Waals surface area contributed by atoms with Gasteiger partial charge >= 0.3 is 11.9 Å². The molecule has 1 fully saturated rings. The summed E-state index contributed by atoms with van der Waals surface area (Å²) in [5.41, 5.74) is 0. The van der Waals surface area contributed by atoms with Gasteiger partial charge in [-0.15, -0.1) is 0 Å². The van der Waals surface area contributed by atoms with Crippen LogP contribution < -0.4 is 0 Å². The Morgan fingerprint density at radius 2 is 1.55 bits per heavy atom. The summed E-state index contributed by atoms with van der Waals surface area (Å²) in [6, 6.07) is 0. The van der Waals surface area contributed by atoms with E-state index in [0.29, 0.717) is 0 Å². The van der Waals surface area contributed by atoms with Gasteiger partial charge in [-0.3, -0.25) is 14.0 Å². The van der Waals surface area contributed by atoms with Crippen molar-refractivity contribution in [3.05, 3.63) is 0 Å². The smallest absolute Gasteiger partial charge is 0.307 e. The fraction of sp³-hybridized carbons (Fsp3) is 0.667. The van der Waals surface area contributed by atoms with E-state index in [1.54, 1.807) is 0 Å². The second-order valence-corrected chi connectivity index (χ2v) is 2.55. The standard InChI is InChI=1S/C6H7FO4/c7-1-2-3(5(8)9)4(2)6(10)11/h2-4H,1H2,(H,8,9)(H,10,11). The number of rotatable bonds is 3. The summed E-state index contributed by atoms with van der Waals surface area (Å²) < 4.78 is 11.9. The van der Waals surface area contributed by atoms with Gasteiger partial charge in [0.15, 0.2) is 0 Å². The fourth-order valence-electron chi connectivity index (χ4n) is 1.24. The molecule has 1 rings (SSSR count). The third-order valence-electron chi connectivity index (χ3n) is 1.92. The van der Waals surface area contributed by atoms with Crippen molar-refractivity contribution in [2.75, 3.05) is 6.67 Å². The van der Waals surface area contributed by atoms with E-state index in [1.165, 1.54) is 0 Å². The van der Waals surface area contributed by atoms with E-state index in [4.69, 9.17) is 10.2 Å². The summed E-state index contributed by atoms with van der Waals surface area (Å²) in [4.78, 5) is 20.4. The summed E-state index contributed by atoms with van der Waals surface area (Å²) in [7, 11) is 0. The molecule has 0 aliphatic heterocycles. The SMILES string of the molecule is O=C(O)C1C(CF)C1C(=O)O. The number of hydrogen-bond acceptors (Lipinski definition) is 2. The molecule has 1 saturated carbocycles. The lowest BCUT2D eigenvalue weighted by atomic mass is 10.3. The molecule has 1 aliphatic carbocycles. The van der Waals surface area contributed by atoms with Gasteiger partial charge in [0.25, 0.3) is 0 Å². The molecule has 0 saturated heterocycles. The Labute approximate surface area is 61.6 Å². The van der Waals surface area contributed by atoms with Crippen molar-refractivity contribution in [1.82, 2.24) is 0 Å². The lowest BCUT2D eigenvalue weighted by Gasteiger charge is -1.84. The quantitative estimate of drug-likeness (QED) is 0.611. The van der Waals surface area contributed by atoms with Crippen molar-refractivity contribution in [3.8, 4) is 0 Å². The van der Waals surface area contributed by atoms with Gasteiger partial charge < -0.3 is 10.2 Å². The van der Waals surface area contributed by atoms with Crippen LogP contribution in [0.3, 0.4) is 0 Å². The number of carbonyl (C=O) groups is 2. The van der Waals surface area contributed by atoms with E-state index >= 15 is 0 Å². The molecule has 2 atom stereocenters. The Balaban J connectivity index is 2.59. The Morgan fingerprint density at radius 1 is 1.18 bits per heavy atom. The minimum Gasteiger partial charge on any atom is -0.481 e. The number of carboxylic acid groups (broad SMARTS) is 2. The van der Waals surface area contributed by atoms with Crippen molar-refractivity contribution in [3.63, 3.8) is 0 Å². The molecule has 0 radical (unpaired) electrons. The zero-order valence-corrected chi connectivity index (χ0v) is 5.53. The van der Waals surface area contributed by atoms with E-state index in [-0.39, 0.29) is 0 Å². The number of carboxylic acids is 2. The van der Waals surface area contributed by atoms with Crippen LogP contribution in [0.25, 0.3) is 0 Å².